The Morgan fingerprint density at radius 3 is 2.65 bits per heavy atom. The van der Waals surface area contributed by atoms with Gasteiger partial charge in [0.25, 0.3) is 5.70 Å². The van der Waals surface area contributed by atoms with Crippen LogP contribution >= 0.6 is 31.9 Å². The fourth-order valence-electron chi connectivity index (χ4n) is 1.15. The molecule has 0 aromatic heterocycles. The number of carbonyl (C=O) groups is 1. The maximum Gasteiger partial charge on any atom is 0.337 e. The summed E-state index contributed by atoms with van der Waals surface area (Å²) in [4.78, 5) is 14.8. The molecule has 0 aliphatic heterocycles. The molecular weight excluding hydrogens is 350 g/mol. The third-order valence-electron chi connectivity index (χ3n) is 1.90. The van der Waals surface area contributed by atoms with E-state index >= 15 is 0 Å². The lowest BCUT2D eigenvalue weighted by molar-refractivity contribution is -0.138. The second kappa shape index (κ2) is 6.58. The van der Waals surface area contributed by atoms with E-state index in [1.807, 2.05) is 18.2 Å². The van der Waals surface area contributed by atoms with Crippen molar-refractivity contribution in [3.8, 4) is 0 Å². The molecule has 0 aliphatic rings. The molecule has 17 heavy (non-hydrogen) atoms. The zero-order valence-corrected chi connectivity index (χ0v) is 12.2. The van der Waals surface area contributed by atoms with E-state index in [1.54, 1.807) is 13.0 Å². The van der Waals surface area contributed by atoms with Crippen molar-refractivity contribution in [2.45, 2.75) is 6.92 Å². The van der Waals surface area contributed by atoms with Crippen molar-refractivity contribution in [3.63, 3.8) is 0 Å². The molecule has 0 atom stereocenters. The van der Waals surface area contributed by atoms with Gasteiger partial charge in [-0.25, -0.2) is 4.85 Å². The maximum atomic E-state index is 11.6. The summed E-state index contributed by atoms with van der Waals surface area (Å²) >= 11 is 6.63. The van der Waals surface area contributed by atoms with E-state index in [1.165, 1.54) is 0 Å². The highest BCUT2D eigenvalue weighted by Crippen LogP contribution is 2.32. The Bertz CT molecular complexity index is 503. The minimum absolute atomic E-state index is 0.0567. The average molecular weight is 359 g/mol. The first kappa shape index (κ1) is 13.9. The van der Waals surface area contributed by atoms with Crippen LogP contribution in [0.3, 0.4) is 0 Å². The summed E-state index contributed by atoms with van der Waals surface area (Å²) in [7, 11) is 0. The highest BCUT2D eigenvalue weighted by atomic mass is 79.9. The number of esters is 1. The quantitative estimate of drug-likeness (QED) is 0.464. The zero-order chi connectivity index (χ0) is 12.8. The molecule has 0 radical (unpaired) electrons. The van der Waals surface area contributed by atoms with Crippen LogP contribution in [0.4, 0.5) is 0 Å². The molecule has 0 heterocycles. The topological polar surface area (TPSA) is 30.7 Å². The smallest absolute Gasteiger partial charge is 0.337 e. The number of halogens is 2. The molecule has 0 unspecified atom stereocenters. The lowest BCUT2D eigenvalue weighted by Gasteiger charge is -2.06. The lowest BCUT2D eigenvalue weighted by atomic mass is 10.2. The fourth-order valence-corrected chi connectivity index (χ4v) is 2.50. The molecule has 88 valence electrons. The van der Waals surface area contributed by atoms with Gasteiger partial charge in [0.05, 0.1) is 13.2 Å². The van der Waals surface area contributed by atoms with Gasteiger partial charge >= 0.3 is 5.97 Å². The van der Waals surface area contributed by atoms with E-state index < -0.39 is 5.97 Å². The molecule has 1 rings (SSSR count). The van der Waals surface area contributed by atoms with Gasteiger partial charge in [-0.3, -0.25) is 4.79 Å². The highest BCUT2D eigenvalue weighted by molar-refractivity contribution is 9.15. The third kappa shape index (κ3) is 3.42. The third-order valence-corrected chi connectivity index (χ3v) is 3.39. The van der Waals surface area contributed by atoms with E-state index in [-0.39, 0.29) is 12.3 Å². The van der Waals surface area contributed by atoms with Crippen molar-refractivity contribution in [1.29, 1.82) is 0 Å². The van der Waals surface area contributed by atoms with Crippen LogP contribution in [0, 0.1) is 6.57 Å². The largest absolute Gasteiger partial charge is 0.471 e. The average Bonchev–Trinajstić information content (AvgIpc) is 2.30. The van der Waals surface area contributed by atoms with Crippen LogP contribution in [0.2, 0.25) is 0 Å². The van der Waals surface area contributed by atoms with Gasteiger partial charge in [0, 0.05) is 8.96 Å². The van der Waals surface area contributed by atoms with Gasteiger partial charge in [-0.15, -0.1) is 0 Å². The van der Waals surface area contributed by atoms with Gasteiger partial charge < -0.3 is 4.74 Å². The van der Waals surface area contributed by atoms with Crippen molar-refractivity contribution >= 4 is 42.3 Å². The highest BCUT2D eigenvalue weighted by Gasteiger charge is 2.18. The molecule has 0 bridgehead atoms. The first-order chi connectivity index (χ1) is 8.11. The standard InChI is InChI=1S/C12H9Br2NO2/c1-3-17-12(16)11(15-2)10(14)8-6-4-5-7-9(8)13/h4-7H,3H2,1H3/b11-10-. The van der Waals surface area contributed by atoms with Crippen molar-refractivity contribution in [2.75, 3.05) is 6.61 Å². The maximum absolute atomic E-state index is 11.6. The summed E-state index contributed by atoms with van der Waals surface area (Å²) in [5.74, 6) is -0.620. The van der Waals surface area contributed by atoms with Gasteiger partial charge in [-0.1, -0.05) is 50.1 Å². The Kier molecular flexibility index (Phi) is 5.39. The second-order valence-corrected chi connectivity index (χ2v) is 4.62. The molecule has 0 saturated heterocycles. The van der Waals surface area contributed by atoms with Gasteiger partial charge in [-0.05, 0) is 18.6 Å². The van der Waals surface area contributed by atoms with Crippen LogP contribution in [-0.4, -0.2) is 12.6 Å². The van der Waals surface area contributed by atoms with Gasteiger partial charge in [0.1, 0.15) is 0 Å². The van der Waals surface area contributed by atoms with Gasteiger partial charge in [0.2, 0.25) is 0 Å². The molecular formula is C12H9Br2NO2. The van der Waals surface area contributed by atoms with Gasteiger partial charge in [-0.2, -0.15) is 0 Å². The molecule has 3 nitrogen and oxygen atoms in total. The molecule has 0 spiro atoms. The summed E-state index contributed by atoms with van der Waals surface area (Å²) in [6.07, 6.45) is 0. The summed E-state index contributed by atoms with van der Waals surface area (Å²) in [6, 6.07) is 7.33. The van der Waals surface area contributed by atoms with Crippen LogP contribution in [0.15, 0.2) is 34.4 Å². The number of hydrogen-bond acceptors (Lipinski definition) is 2. The Labute approximate surface area is 117 Å². The van der Waals surface area contributed by atoms with E-state index in [0.29, 0.717) is 4.48 Å². The number of nitrogens with zero attached hydrogens (tertiary/aromatic N) is 1. The molecule has 0 aliphatic carbocycles. The van der Waals surface area contributed by atoms with E-state index in [0.717, 1.165) is 10.0 Å². The SMILES string of the molecule is [C-]#[N+]/C(C(=O)OCC)=C(\Br)c1ccccc1Br. The minimum Gasteiger partial charge on any atom is -0.471 e. The van der Waals surface area contributed by atoms with Crippen molar-refractivity contribution in [1.82, 2.24) is 0 Å². The zero-order valence-electron chi connectivity index (χ0n) is 9.04. The monoisotopic (exact) mass is 357 g/mol. The van der Waals surface area contributed by atoms with Crippen molar-refractivity contribution in [2.24, 2.45) is 0 Å². The molecule has 5 heteroatoms. The Hall–Kier alpha value is -1.12. The van der Waals surface area contributed by atoms with Gasteiger partial charge in [0.15, 0.2) is 0 Å². The van der Waals surface area contributed by atoms with Crippen molar-refractivity contribution in [3.05, 3.63) is 51.4 Å². The van der Waals surface area contributed by atoms with Crippen LogP contribution in [0.5, 0.6) is 0 Å². The Balaban J connectivity index is 3.24. The first-order valence-corrected chi connectivity index (χ1v) is 6.39. The summed E-state index contributed by atoms with van der Waals surface area (Å²) in [5, 5.41) is 0. The van der Waals surface area contributed by atoms with E-state index in [9.17, 15) is 4.79 Å². The fraction of sp³-hybridized carbons (Fsp3) is 0.167. The van der Waals surface area contributed by atoms with Crippen LogP contribution in [0.25, 0.3) is 9.33 Å². The molecule has 0 N–H and O–H groups in total. The second-order valence-electron chi connectivity index (χ2n) is 2.97. The lowest BCUT2D eigenvalue weighted by Crippen LogP contribution is -2.06. The number of hydrogen-bond donors (Lipinski definition) is 0. The number of rotatable bonds is 3. The summed E-state index contributed by atoms with van der Waals surface area (Å²) in [5.41, 5.74) is 0.685. The predicted octanol–water partition coefficient (Wildman–Crippen LogP) is 3.99. The molecule has 0 fully saturated rings. The number of ether oxygens (including phenoxy) is 1. The predicted molar refractivity (Wildman–Crippen MR) is 73.2 cm³/mol. The molecule has 0 saturated carbocycles. The van der Waals surface area contributed by atoms with Crippen LogP contribution in [-0.2, 0) is 9.53 Å². The summed E-state index contributed by atoms with van der Waals surface area (Å²) < 4.78 is 6.05. The molecule has 1 aromatic carbocycles. The number of carbonyl (C=O) groups excluding carboxylic acids is 1. The molecule has 1 aromatic rings. The first-order valence-electron chi connectivity index (χ1n) is 4.81. The normalized spacial score (nSPS) is 11.4. The van der Waals surface area contributed by atoms with E-state index in [4.69, 9.17) is 11.3 Å². The molecule has 0 amide bonds. The van der Waals surface area contributed by atoms with Crippen LogP contribution < -0.4 is 0 Å². The Morgan fingerprint density at radius 2 is 2.12 bits per heavy atom. The summed E-state index contributed by atoms with van der Waals surface area (Å²) in [6.45, 7) is 8.98. The number of benzene rings is 1. The van der Waals surface area contributed by atoms with Crippen LogP contribution in [0.1, 0.15) is 12.5 Å². The minimum atomic E-state index is -0.620. The van der Waals surface area contributed by atoms with Crippen molar-refractivity contribution < 1.29 is 9.53 Å². The van der Waals surface area contributed by atoms with E-state index in [2.05, 4.69) is 36.7 Å². The Morgan fingerprint density at radius 1 is 1.47 bits per heavy atom.